The second-order valence-electron chi connectivity index (χ2n) is 12.3. The number of nitrogens with zero attached hydrogens (tertiary/aromatic N) is 2. The summed E-state index contributed by atoms with van der Waals surface area (Å²) < 4.78 is 13.7. The van der Waals surface area contributed by atoms with Crippen LogP contribution in [0.15, 0.2) is 138 Å². The number of hydrogen-bond acceptors (Lipinski definition) is 12. The van der Waals surface area contributed by atoms with Crippen LogP contribution in [0.3, 0.4) is 0 Å². The third kappa shape index (κ3) is 7.86. The van der Waals surface area contributed by atoms with Gasteiger partial charge >= 0.3 is 259 Å². The molecule has 0 saturated carbocycles. The maximum absolute atomic E-state index is 13.0. The summed E-state index contributed by atoms with van der Waals surface area (Å²) >= 11 is 2.89. The van der Waals surface area contributed by atoms with E-state index in [1.54, 1.807) is 0 Å². The molecule has 4 aromatic carbocycles. The van der Waals surface area contributed by atoms with E-state index in [0.29, 0.717) is 32.6 Å². The molecule has 8 aromatic rings. The number of rotatable bonds is 12. The first-order valence-corrected chi connectivity index (χ1v) is 20.2. The molecule has 0 saturated heterocycles. The number of aromatic nitrogens is 2. The predicted octanol–water partition coefficient (Wildman–Crippen LogP) is 7.16. The average Bonchev–Trinajstić information content (AvgIpc) is 3.87. The van der Waals surface area contributed by atoms with Gasteiger partial charge in [0.2, 0.25) is 0 Å². The van der Waals surface area contributed by atoms with Crippen LogP contribution in [0, 0.1) is 0 Å². The summed E-state index contributed by atoms with van der Waals surface area (Å²) in [6.07, 6.45) is 0. The molecule has 8 rings (SSSR count). The van der Waals surface area contributed by atoms with Crippen LogP contribution in [0.1, 0.15) is 37.1 Å². The van der Waals surface area contributed by atoms with E-state index < -0.39 is 11.3 Å². The molecular weight excluding hydrogens is 772 g/mol. The monoisotopic (exact) mass is 804 g/mol. The van der Waals surface area contributed by atoms with E-state index in [4.69, 9.17) is 8.83 Å². The Bertz CT molecular complexity index is 2480. The zero-order chi connectivity index (χ0) is 36.3. The molecule has 53 heavy (non-hydrogen) atoms. The van der Waals surface area contributed by atoms with E-state index in [9.17, 15) is 9.59 Å². The fraction of sp³-hybridized carbons (Fsp3) is 0.100. The molecule has 10 nitrogen and oxygen atoms in total. The molecule has 0 fully saturated rings. The fourth-order valence-electron chi connectivity index (χ4n) is 5.74. The van der Waals surface area contributed by atoms with Crippen molar-refractivity contribution in [3.63, 3.8) is 0 Å². The first-order valence-electron chi connectivity index (χ1n) is 16.7. The van der Waals surface area contributed by atoms with Crippen molar-refractivity contribution in [1.29, 1.82) is 0 Å². The van der Waals surface area contributed by atoms with Crippen LogP contribution >= 0.6 is 22.7 Å². The number of thiazole rings is 2. The molecule has 2 unspecified atom stereocenters. The SMILES string of the molecule is CC(NNc1nc(-c2ccccc2)cs1)c1cc2cc([Se]c3ccc4oc(=O)c(C(C)NNc5nc(-c6ccccc6)cs5)cc4c3)ccc2oc1=O. The second-order valence-corrected chi connectivity index (χ2v) is 16.4. The van der Waals surface area contributed by atoms with Crippen molar-refractivity contribution in [1.82, 2.24) is 20.8 Å². The summed E-state index contributed by atoms with van der Waals surface area (Å²) in [6.45, 7) is 3.80. The summed E-state index contributed by atoms with van der Waals surface area (Å²) in [4.78, 5) is 35.2. The number of anilines is 2. The van der Waals surface area contributed by atoms with Crippen molar-refractivity contribution in [2.75, 3.05) is 10.9 Å². The molecular formula is C40H32N6O4S2Se. The third-order valence-corrected chi connectivity index (χ3v) is 12.1. The molecule has 2 atom stereocenters. The van der Waals surface area contributed by atoms with Crippen LogP contribution in [-0.2, 0) is 0 Å². The first kappa shape index (κ1) is 34.7. The first-order chi connectivity index (χ1) is 25.9. The minimum atomic E-state index is -0.393. The van der Waals surface area contributed by atoms with Gasteiger partial charge in [0, 0.05) is 0 Å². The molecule has 0 spiro atoms. The molecule has 4 aromatic heterocycles. The van der Waals surface area contributed by atoms with E-state index in [0.717, 1.165) is 42.2 Å². The minimum absolute atomic E-state index is 0.0750. The van der Waals surface area contributed by atoms with Gasteiger partial charge in [0.05, 0.1) is 0 Å². The van der Waals surface area contributed by atoms with Gasteiger partial charge in [-0.15, -0.1) is 0 Å². The van der Waals surface area contributed by atoms with E-state index in [-0.39, 0.29) is 27.0 Å². The molecule has 13 heteroatoms. The van der Waals surface area contributed by atoms with Gasteiger partial charge in [-0.3, -0.25) is 0 Å². The maximum atomic E-state index is 13.0. The molecule has 4 heterocycles. The number of fused-ring (bicyclic) bond motifs is 2. The Morgan fingerprint density at radius 3 is 1.45 bits per heavy atom. The molecule has 4 N–H and O–H groups in total. The van der Waals surface area contributed by atoms with Gasteiger partial charge < -0.3 is 0 Å². The van der Waals surface area contributed by atoms with Crippen LogP contribution in [0.5, 0.6) is 0 Å². The molecule has 0 amide bonds. The van der Waals surface area contributed by atoms with Crippen molar-refractivity contribution in [3.8, 4) is 22.5 Å². The van der Waals surface area contributed by atoms with Crippen LogP contribution in [0.4, 0.5) is 10.3 Å². The third-order valence-electron chi connectivity index (χ3n) is 8.57. The molecule has 264 valence electrons. The Morgan fingerprint density at radius 1 is 0.585 bits per heavy atom. The van der Waals surface area contributed by atoms with Crippen molar-refractivity contribution < 1.29 is 8.83 Å². The van der Waals surface area contributed by atoms with E-state index in [1.165, 1.54) is 22.7 Å². The van der Waals surface area contributed by atoms with Gasteiger partial charge in [-0.25, -0.2) is 0 Å². The normalized spacial score (nSPS) is 12.6. The van der Waals surface area contributed by atoms with E-state index in [1.807, 2.05) is 122 Å². The zero-order valence-electron chi connectivity index (χ0n) is 28.5. The van der Waals surface area contributed by atoms with Gasteiger partial charge in [-0.2, -0.15) is 0 Å². The fourth-order valence-corrected chi connectivity index (χ4v) is 9.03. The summed E-state index contributed by atoms with van der Waals surface area (Å²) in [5.41, 5.74) is 17.8. The molecule has 0 aliphatic heterocycles. The zero-order valence-corrected chi connectivity index (χ0v) is 31.8. The molecule has 0 bridgehead atoms. The second kappa shape index (κ2) is 15.3. The van der Waals surface area contributed by atoms with Crippen molar-refractivity contribution in [2.45, 2.75) is 25.9 Å². The Kier molecular flexibility index (Phi) is 10.0. The average molecular weight is 804 g/mol. The molecule has 0 radical (unpaired) electrons. The van der Waals surface area contributed by atoms with Crippen molar-refractivity contribution >= 4 is 78.8 Å². The molecule has 0 aliphatic carbocycles. The molecule has 0 aliphatic rings. The Morgan fingerprint density at radius 2 is 1.02 bits per heavy atom. The van der Waals surface area contributed by atoms with Gasteiger partial charge in [0.15, 0.2) is 0 Å². The summed E-state index contributed by atoms with van der Waals surface area (Å²) in [5.74, 6) is 0. The Hall–Kier alpha value is -5.40. The van der Waals surface area contributed by atoms with Crippen LogP contribution in [-0.4, -0.2) is 24.9 Å². The van der Waals surface area contributed by atoms with Gasteiger partial charge in [0.1, 0.15) is 0 Å². The summed E-state index contributed by atoms with van der Waals surface area (Å²) in [7, 11) is 0. The number of hydrogen-bond donors (Lipinski definition) is 4. The topological polar surface area (TPSA) is 134 Å². The van der Waals surface area contributed by atoms with Gasteiger partial charge in [-0.1, -0.05) is 60.7 Å². The van der Waals surface area contributed by atoms with Crippen LogP contribution in [0.2, 0.25) is 0 Å². The van der Waals surface area contributed by atoms with Crippen LogP contribution < -0.4 is 41.9 Å². The number of nitrogens with one attached hydrogen (secondary N) is 4. The van der Waals surface area contributed by atoms with Gasteiger partial charge in [-0.05, 0) is 0 Å². The van der Waals surface area contributed by atoms with Gasteiger partial charge in [0.25, 0.3) is 0 Å². The van der Waals surface area contributed by atoms with Crippen molar-refractivity contribution in [2.24, 2.45) is 0 Å². The summed E-state index contributed by atoms with van der Waals surface area (Å²) in [6, 6.07) is 34.8. The number of benzene rings is 4. The van der Waals surface area contributed by atoms with E-state index >= 15 is 0 Å². The standard InChI is InChI=1S/C40H32N6O4S2Se/c1-23(43-45-39-41-33(21-51-39)25-9-5-3-6-10-25)31-19-27-17-29(13-15-35(27)49-37(31)47)53-30-14-16-36-28(18-30)20-32(38(48)50-36)24(2)44-46-40-42-34(22-52-40)26-11-7-4-8-12-26/h3-24,43-44H,1-2H3,(H,41,45)(H,42,46). The van der Waals surface area contributed by atoms with Crippen LogP contribution in [0.25, 0.3) is 44.5 Å². The number of hydrazine groups is 2. The predicted molar refractivity (Wildman–Crippen MR) is 215 cm³/mol. The van der Waals surface area contributed by atoms with Crippen molar-refractivity contribution in [3.05, 3.63) is 152 Å². The Labute approximate surface area is 318 Å². The Balaban J connectivity index is 0.950. The summed E-state index contributed by atoms with van der Waals surface area (Å²) in [5, 5.41) is 7.05. The quantitative estimate of drug-likeness (QED) is 0.0573. The van der Waals surface area contributed by atoms with E-state index in [2.05, 4.69) is 43.8 Å².